The number of hydrogen-bond donors (Lipinski definition) is 1. The molecule has 1 aromatic heterocycles. The maximum Gasteiger partial charge on any atom is 0.354 e. The number of carbonyl (C=O) groups is 1. The zero-order valence-electron chi connectivity index (χ0n) is 10.1. The molecule has 2 aromatic rings. The first kappa shape index (κ1) is 13.4. The summed E-state index contributed by atoms with van der Waals surface area (Å²) < 4.78 is 15.3. The summed E-state index contributed by atoms with van der Waals surface area (Å²) in [7, 11) is 1.36. The highest BCUT2D eigenvalue weighted by Crippen LogP contribution is 2.20. The number of carboxylic acids is 1. The van der Waals surface area contributed by atoms with E-state index in [-0.39, 0.29) is 16.4 Å². The van der Waals surface area contributed by atoms with Crippen molar-refractivity contribution in [2.24, 2.45) is 7.05 Å². The van der Waals surface area contributed by atoms with Gasteiger partial charge in [-0.25, -0.2) is 14.0 Å². The number of aromatic carboxylic acids is 1. The standard InChI is InChI=1S/C12H10ClFN2O3/c1-6-10(11(17)18)15(2)12(19)16(6)7-3-4-9(14)8(13)5-7/h3-5H,1-2H3,(H,17,18). The Bertz CT molecular complexity index is 733. The molecule has 0 atom stereocenters. The summed E-state index contributed by atoms with van der Waals surface area (Å²) >= 11 is 5.66. The van der Waals surface area contributed by atoms with Crippen molar-refractivity contribution in [2.75, 3.05) is 0 Å². The maximum absolute atomic E-state index is 13.1. The number of aromatic nitrogens is 2. The lowest BCUT2D eigenvalue weighted by Crippen LogP contribution is -2.22. The van der Waals surface area contributed by atoms with E-state index in [0.717, 1.165) is 10.6 Å². The van der Waals surface area contributed by atoms with Crippen LogP contribution in [0, 0.1) is 12.7 Å². The van der Waals surface area contributed by atoms with Crippen LogP contribution in [0.15, 0.2) is 23.0 Å². The second kappa shape index (κ2) is 4.55. The van der Waals surface area contributed by atoms with Crippen LogP contribution in [-0.2, 0) is 7.05 Å². The van der Waals surface area contributed by atoms with E-state index in [0.29, 0.717) is 5.69 Å². The molecule has 100 valence electrons. The van der Waals surface area contributed by atoms with Gasteiger partial charge in [-0.2, -0.15) is 0 Å². The Labute approximate surface area is 112 Å². The van der Waals surface area contributed by atoms with Crippen LogP contribution in [0.3, 0.4) is 0 Å². The van der Waals surface area contributed by atoms with E-state index in [1.165, 1.54) is 30.7 Å². The number of imidazole rings is 1. The van der Waals surface area contributed by atoms with Crippen LogP contribution in [0.1, 0.15) is 16.2 Å². The molecule has 0 aliphatic heterocycles. The molecule has 5 nitrogen and oxygen atoms in total. The normalized spacial score (nSPS) is 10.7. The van der Waals surface area contributed by atoms with Crippen molar-refractivity contribution in [3.63, 3.8) is 0 Å². The Hall–Kier alpha value is -2.08. The topological polar surface area (TPSA) is 64.2 Å². The van der Waals surface area contributed by atoms with E-state index in [1.54, 1.807) is 0 Å². The van der Waals surface area contributed by atoms with Crippen LogP contribution >= 0.6 is 11.6 Å². The molecule has 0 radical (unpaired) electrons. The number of rotatable bonds is 2. The monoisotopic (exact) mass is 284 g/mol. The first-order valence-corrected chi connectivity index (χ1v) is 5.69. The van der Waals surface area contributed by atoms with E-state index < -0.39 is 17.5 Å². The van der Waals surface area contributed by atoms with Gasteiger partial charge in [0.15, 0.2) is 5.69 Å². The van der Waals surface area contributed by atoms with Crippen LogP contribution in [0.5, 0.6) is 0 Å². The molecule has 0 saturated heterocycles. The van der Waals surface area contributed by atoms with Crippen LogP contribution < -0.4 is 5.69 Å². The fraction of sp³-hybridized carbons (Fsp3) is 0.167. The molecule has 0 spiro atoms. The van der Waals surface area contributed by atoms with E-state index in [1.807, 2.05) is 0 Å². The maximum atomic E-state index is 13.1. The SMILES string of the molecule is Cc1c(C(=O)O)n(C)c(=O)n1-c1ccc(F)c(Cl)c1. The number of nitrogens with zero attached hydrogens (tertiary/aromatic N) is 2. The summed E-state index contributed by atoms with van der Waals surface area (Å²) in [6.07, 6.45) is 0. The Morgan fingerprint density at radius 3 is 2.53 bits per heavy atom. The number of hydrogen-bond acceptors (Lipinski definition) is 2. The second-order valence-corrected chi connectivity index (χ2v) is 4.42. The highest BCUT2D eigenvalue weighted by Gasteiger charge is 2.21. The van der Waals surface area contributed by atoms with Gasteiger partial charge in [-0.05, 0) is 25.1 Å². The van der Waals surface area contributed by atoms with E-state index in [9.17, 15) is 14.0 Å². The molecule has 0 aliphatic rings. The van der Waals surface area contributed by atoms with E-state index in [4.69, 9.17) is 16.7 Å². The molecule has 0 amide bonds. The van der Waals surface area contributed by atoms with Gasteiger partial charge in [0.2, 0.25) is 0 Å². The van der Waals surface area contributed by atoms with Crippen molar-refractivity contribution in [2.45, 2.75) is 6.92 Å². The summed E-state index contributed by atoms with van der Waals surface area (Å²) in [5.74, 6) is -1.81. The predicted octanol–water partition coefficient (Wildman–Crippen LogP) is 1.98. The van der Waals surface area contributed by atoms with Crippen LogP contribution in [0.4, 0.5) is 4.39 Å². The van der Waals surface area contributed by atoms with Crippen LogP contribution in [0.25, 0.3) is 5.69 Å². The zero-order valence-corrected chi connectivity index (χ0v) is 10.9. The van der Waals surface area contributed by atoms with Gasteiger partial charge in [-0.3, -0.25) is 9.13 Å². The van der Waals surface area contributed by atoms with Gasteiger partial charge in [-0.15, -0.1) is 0 Å². The van der Waals surface area contributed by atoms with Gasteiger partial charge < -0.3 is 5.11 Å². The van der Waals surface area contributed by atoms with E-state index >= 15 is 0 Å². The van der Waals surface area contributed by atoms with Crippen molar-refractivity contribution >= 4 is 17.6 Å². The lowest BCUT2D eigenvalue weighted by molar-refractivity contribution is 0.0685. The third kappa shape index (κ3) is 2.04. The number of halogens is 2. The average molecular weight is 285 g/mol. The zero-order chi connectivity index (χ0) is 14.3. The fourth-order valence-electron chi connectivity index (χ4n) is 1.96. The minimum absolute atomic E-state index is 0.120. The molecule has 19 heavy (non-hydrogen) atoms. The smallest absolute Gasteiger partial charge is 0.354 e. The fourth-order valence-corrected chi connectivity index (χ4v) is 2.14. The van der Waals surface area contributed by atoms with Crippen molar-refractivity contribution in [3.05, 3.63) is 50.9 Å². The molecule has 7 heteroatoms. The lowest BCUT2D eigenvalue weighted by Gasteiger charge is -2.05. The van der Waals surface area contributed by atoms with Crippen molar-refractivity contribution < 1.29 is 14.3 Å². The van der Waals surface area contributed by atoms with Gasteiger partial charge in [-0.1, -0.05) is 11.6 Å². The minimum atomic E-state index is -1.20. The molecule has 0 bridgehead atoms. The highest BCUT2D eigenvalue weighted by molar-refractivity contribution is 6.30. The average Bonchev–Trinajstić information content (AvgIpc) is 2.54. The first-order chi connectivity index (χ1) is 8.84. The molecule has 1 aromatic carbocycles. The van der Waals surface area contributed by atoms with Crippen molar-refractivity contribution in [3.8, 4) is 5.69 Å². The molecular formula is C12H10ClFN2O3. The van der Waals surface area contributed by atoms with Gasteiger partial charge in [0.1, 0.15) is 5.82 Å². The van der Waals surface area contributed by atoms with Crippen LogP contribution in [-0.4, -0.2) is 20.2 Å². The molecule has 0 fully saturated rings. The Balaban J connectivity index is 2.76. The summed E-state index contributed by atoms with van der Waals surface area (Å²) in [6.45, 7) is 1.50. The van der Waals surface area contributed by atoms with E-state index in [2.05, 4.69) is 0 Å². The lowest BCUT2D eigenvalue weighted by atomic mass is 10.3. The van der Waals surface area contributed by atoms with Crippen molar-refractivity contribution in [1.29, 1.82) is 0 Å². The highest BCUT2D eigenvalue weighted by atomic mass is 35.5. The number of benzene rings is 1. The summed E-state index contributed by atoms with van der Waals surface area (Å²) in [5.41, 5.74) is -0.0808. The summed E-state index contributed by atoms with van der Waals surface area (Å²) in [4.78, 5) is 23.1. The molecule has 1 N–H and O–H groups in total. The molecule has 0 saturated carbocycles. The van der Waals surface area contributed by atoms with Crippen LogP contribution in [0.2, 0.25) is 5.02 Å². The Kier molecular flexibility index (Phi) is 3.20. The van der Waals surface area contributed by atoms with Gasteiger partial charge in [0, 0.05) is 7.05 Å². The molecule has 0 unspecified atom stereocenters. The largest absolute Gasteiger partial charge is 0.477 e. The Morgan fingerprint density at radius 1 is 1.42 bits per heavy atom. The van der Waals surface area contributed by atoms with Gasteiger partial charge in [0.05, 0.1) is 16.4 Å². The number of carboxylic acid groups (broad SMARTS) is 1. The predicted molar refractivity (Wildman–Crippen MR) is 67.7 cm³/mol. The first-order valence-electron chi connectivity index (χ1n) is 5.31. The summed E-state index contributed by atoms with van der Waals surface area (Å²) in [5, 5.41) is 8.94. The molecule has 0 aliphatic carbocycles. The third-order valence-corrected chi connectivity index (χ3v) is 3.15. The minimum Gasteiger partial charge on any atom is -0.477 e. The molecule has 2 rings (SSSR count). The van der Waals surface area contributed by atoms with Crippen molar-refractivity contribution in [1.82, 2.24) is 9.13 Å². The van der Waals surface area contributed by atoms with Gasteiger partial charge in [0.25, 0.3) is 0 Å². The molecule has 1 heterocycles. The summed E-state index contributed by atoms with van der Waals surface area (Å²) in [6, 6.07) is 3.76. The van der Waals surface area contributed by atoms with Gasteiger partial charge >= 0.3 is 11.7 Å². The molecular weight excluding hydrogens is 275 g/mol. The quantitative estimate of drug-likeness (QED) is 0.917. The third-order valence-electron chi connectivity index (χ3n) is 2.86. The Morgan fingerprint density at radius 2 is 2.05 bits per heavy atom. The second-order valence-electron chi connectivity index (χ2n) is 4.01.